The van der Waals surface area contributed by atoms with Gasteiger partial charge in [0.05, 0.1) is 16.7 Å². The second-order valence-electron chi connectivity index (χ2n) is 4.02. The lowest BCUT2D eigenvalue weighted by atomic mass is 10.2. The minimum absolute atomic E-state index is 0.300. The molecule has 0 fully saturated rings. The molecule has 3 aromatic rings. The van der Waals surface area contributed by atoms with E-state index in [9.17, 15) is 8.78 Å². The van der Waals surface area contributed by atoms with Gasteiger partial charge in [-0.2, -0.15) is 0 Å². The third-order valence-corrected chi connectivity index (χ3v) is 3.94. The fraction of sp³-hybridized carbons (Fsp3) is 0. The van der Waals surface area contributed by atoms with Crippen molar-refractivity contribution in [2.75, 3.05) is 0 Å². The monoisotopic (exact) mass is 388 g/mol. The maximum absolute atomic E-state index is 13.2. The summed E-state index contributed by atoms with van der Waals surface area (Å²) < 4.78 is 29.3. The van der Waals surface area contributed by atoms with Crippen molar-refractivity contribution in [2.24, 2.45) is 0 Å². The molecule has 0 spiro atoms. The Bertz CT molecular complexity index is 838. The number of rotatable bonds is 1. The molecule has 2 nitrogen and oxygen atoms in total. The summed E-state index contributed by atoms with van der Waals surface area (Å²) in [6, 6.07) is 8.87. The number of H-pyrrole nitrogens is 1. The van der Waals surface area contributed by atoms with E-state index in [2.05, 4.69) is 4.98 Å². The van der Waals surface area contributed by atoms with Gasteiger partial charge in [-0.05, 0) is 71.2 Å². The Morgan fingerprint density at radius 1 is 1.05 bits per heavy atom. The normalized spacial score (nSPS) is 11.1. The van der Waals surface area contributed by atoms with Gasteiger partial charge in [-0.3, -0.25) is 4.57 Å². The summed E-state index contributed by atoms with van der Waals surface area (Å²) in [6.07, 6.45) is 0. The Labute approximate surface area is 126 Å². The zero-order chi connectivity index (χ0) is 13.6. The Hall–Kier alpha value is -1.28. The molecule has 0 radical (unpaired) electrons. The summed E-state index contributed by atoms with van der Waals surface area (Å²) >= 11 is 7.31. The molecule has 0 unspecified atom stereocenters. The molecule has 0 atom stereocenters. The maximum atomic E-state index is 13.2. The van der Waals surface area contributed by atoms with E-state index in [1.165, 1.54) is 24.3 Å². The second kappa shape index (κ2) is 4.68. The van der Waals surface area contributed by atoms with Crippen LogP contribution < -0.4 is 0 Å². The minimum Gasteiger partial charge on any atom is -0.330 e. The molecule has 0 saturated carbocycles. The predicted octanol–water partition coefficient (Wildman–Crippen LogP) is 4.57. The van der Waals surface area contributed by atoms with E-state index in [1.54, 1.807) is 16.7 Å². The first-order valence-electron chi connectivity index (χ1n) is 5.42. The van der Waals surface area contributed by atoms with Crippen LogP contribution in [0.1, 0.15) is 0 Å². The van der Waals surface area contributed by atoms with Crippen LogP contribution in [0.3, 0.4) is 0 Å². The average Bonchev–Trinajstić information content (AvgIpc) is 2.65. The fourth-order valence-electron chi connectivity index (χ4n) is 1.99. The standard InChI is InChI=1S/C13H7F2IN2S/c14-7-1-3-11(9(16)5-7)18-12-4-2-8(15)6-10(12)17-13(18)19/h1-6H,(H,17,19). The van der Waals surface area contributed by atoms with Crippen LogP contribution in [-0.4, -0.2) is 9.55 Å². The van der Waals surface area contributed by atoms with E-state index >= 15 is 0 Å². The molecule has 0 amide bonds. The van der Waals surface area contributed by atoms with Crippen molar-refractivity contribution in [1.82, 2.24) is 9.55 Å². The molecule has 2 aromatic carbocycles. The van der Waals surface area contributed by atoms with Gasteiger partial charge >= 0.3 is 0 Å². The van der Waals surface area contributed by atoms with Crippen LogP contribution in [0.25, 0.3) is 16.7 Å². The fourth-order valence-corrected chi connectivity index (χ4v) is 3.01. The van der Waals surface area contributed by atoms with Gasteiger partial charge in [0.2, 0.25) is 0 Å². The number of imidazole rings is 1. The van der Waals surface area contributed by atoms with Crippen molar-refractivity contribution in [1.29, 1.82) is 0 Å². The van der Waals surface area contributed by atoms with Gasteiger partial charge in [0, 0.05) is 3.57 Å². The number of hydrogen-bond donors (Lipinski definition) is 1. The van der Waals surface area contributed by atoms with Gasteiger partial charge < -0.3 is 4.98 Å². The Morgan fingerprint density at radius 3 is 2.47 bits per heavy atom. The van der Waals surface area contributed by atoms with E-state index in [0.717, 1.165) is 14.8 Å². The van der Waals surface area contributed by atoms with E-state index in [0.29, 0.717) is 10.3 Å². The molecular formula is C13H7F2IN2S. The van der Waals surface area contributed by atoms with Crippen molar-refractivity contribution in [3.8, 4) is 5.69 Å². The first kappa shape index (κ1) is 12.7. The van der Waals surface area contributed by atoms with Crippen molar-refractivity contribution in [3.05, 3.63) is 56.4 Å². The predicted molar refractivity (Wildman–Crippen MR) is 81.1 cm³/mol. The average molecular weight is 388 g/mol. The number of benzene rings is 2. The topological polar surface area (TPSA) is 20.7 Å². The number of aromatic amines is 1. The zero-order valence-electron chi connectivity index (χ0n) is 9.45. The van der Waals surface area contributed by atoms with Crippen LogP contribution >= 0.6 is 34.8 Å². The first-order valence-corrected chi connectivity index (χ1v) is 6.90. The molecule has 0 aliphatic rings. The molecule has 19 heavy (non-hydrogen) atoms. The number of hydrogen-bond acceptors (Lipinski definition) is 1. The van der Waals surface area contributed by atoms with Gasteiger partial charge in [0.1, 0.15) is 11.6 Å². The molecule has 1 aromatic heterocycles. The van der Waals surface area contributed by atoms with Crippen LogP contribution in [0.5, 0.6) is 0 Å². The lowest BCUT2D eigenvalue weighted by Gasteiger charge is -2.07. The largest absolute Gasteiger partial charge is 0.330 e. The van der Waals surface area contributed by atoms with Crippen LogP contribution in [0, 0.1) is 20.0 Å². The maximum Gasteiger partial charge on any atom is 0.182 e. The molecule has 3 rings (SSSR count). The first-order chi connectivity index (χ1) is 9.06. The Kier molecular flexibility index (Phi) is 3.14. The lowest BCUT2D eigenvalue weighted by molar-refractivity contribution is 0.626. The highest BCUT2D eigenvalue weighted by molar-refractivity contribution is 14.1. The molecule has 0 aliphatic heterocycles. The van der Waals surface area contributed by atoms with E-state index in [1.807, 2.05) is 22.6 Å². The lowest BCUT2D eigenvalue weighted by Crippen LogP contribution is -1.97. The highest BCUT2D eigenvalue weighted by atomic mass is 127. The van der Waals surface area contributed by atoms with E-state index in [-0.39, 0.29) is 11.6 Å². The van der Waals surface area contributed by atoms with Gasteiger partial charge in [0.25, 0.3) is 0 Å². The Morgan fingerprint density at radius 2 is 1.74 bits per heavy atom. The molecular weight excluding hydrogens is 381 g/mol. The van der Waals surface area contributed by atoms with Crippen LogP contribution in [0.15, 0.2) is 36.4 Å². The molecule has 0 saturated heterocycles. The van der Waals surface area contributed by atoms with Gasteiger partial charge in [-0.15, -0.1) is 0 Å². The van der Waals surface area contributed by atoms with E-state index in [4.69, 9.17) is 12.2 Å². The SMILES string of the molecule is Fc1ccc(-n2c(=S)[nH]c3cc(F)ccc32)c(I)c1. The summed E-state index contributed by atoms with van der Waals surface area (Å²) in [5.41, 5.74) is 2.14. The number of nitrogens with zero attached hydrogens (tertiary/aromatic N) is 1. The third kappa shape index (κ3) is 2.18. The number of nitrogens with one attached hydrogen (secondary N) is 1. The van der Waals surface area contributed by atoms with Gasteiger partial charge in [-0.1, -0.05) is 0 Å². The molecule has 0 aliphatic carbocycles. The summed E-state index contributed by atoms with van der Waals surface area (Å²) in [5.74, 6) is -0.629. The van der Waals surface area contributed by atoms with Crippen LogP contribution in [0.4, 0.5) is 8.78 Å². The molecule has 1 N–H and O–H groups in total. The third-order valence-electron chi connectivity index (χ3n) is 2.79. The molecule has 0 bridgehead atoms. The zero-order valence-corrected chi connectivity index (χ0v) is 12.4. The molecule has 1 heterocycles. The smallest absolute Gasteiger partial charge is 0.182 e. The number of fused-ring (bicyclic) bond motifs is 1. The van der Waals surface area contributed by atoms with Crippen LogP contribution in [0.2, 0.25) is 0 Å². The van der Waals surface area contributed by atoms with Gasteiger partial charge in [0.15, 0.2) is 4.77 Å². The van der Waals surface area contributed by atoms with Crippen molar-refractivity contribution >= 4 is 45.8 Å². The second-order valence-corrected chi connectivity index (χ2v) is 5.57. The highest BCUT2D eigenvalue weighted by Gasteiger charge is 2.10. The summed E-state index contributed by atoms with van der Waals surface area (Å²) in [7, 11) is 0. The number of aromatic nitrogens is 2. The molecule has 6 heteroatoms. The Balaban J connectivity index is 2.36. The summed E-state index contributed by atoms with van der Waals surface area (Å²) in [6.45, 7) is 0. The minimum atomic E-state index is -0.329. The summed E-state index contributed by atoms with van der Waals surface area (Å²) in [5, 5.41) is 0. The molecule has 96 valence electrons. The van der Waals surface area contributed by atoms with Crippen molar-refractivity contribution < 1.29 is 8.78 Å². The van der Waals surface area contributed by atoms with Crippen LogP contribution in [-0.2, 0) is 0 Å². The quantitative estimate of drug-likeness (QED) is 0.479. The van der Waals surface area contributed by atoms with E-state index < -0.39 is 0 Å². The van der Waals surface area contributed by atoms with Crippen molar-refractivity contribution in [2.45, 2.75) is 0 Å². The summed E-state index contributed by atoms with van der Waals surface area (Å²) in [4.78, 5) is 2.95. The highest BCUT2D eigenvalue weighted by Crippen LogP contribution is 2.24. The number of halogens is 3. The van der Waals surface area contributed by atoms with Gasteiger partial charge in [-0.25, -0.2) is 8.78 Å². The van der Waals surface area contributed by atoms with Crippen molar-refractivity contribution in [3.63, 3.8) is 0 Å².